The highest BCUT2D eigenvalue weighted by Gasteiger charge is 2.14. The third-order valence-corrected chi connectivity index (χ3v) is 3.09. The Morgan fingerprint density at radius 1 is 1.11 bits per heavy atom. The normalized spacial score (nSPS) is 11.3. The monoisotopic (exact) mass is 258 g/mol. The van der Waals surface area contributed by atoms with Gasteiger partial charge < -0.3 is 4.74 Å². The Balaban J connectivity index is 2.15. The number of nitrogens with zero attached hydrogens (tertiary/aromatic N) is 2. The first-order chi connectivity index (χ1) is 9.08. The average Bonchev–Trinajstić information content (AvgIpc) is 2.82. The van der Waals surface area contributed by atoms with Crippen molar-refractivity contribution >= 4 is 0 Å². The van der Waals surface area contributed by atoms with Gasteiger partial charge in [-0.25, -0.2) is 0 Å². The fourth-order valence-electron chi connectivity index (χ4n) is 1.89. The Hall–Kier alpha value is -1.77. The van der Waals surface area contributed by atoms with Crippen LogP contribution in [-0.2, 0) is 6.61 Å². The van der Waals surface area contributed by atoms with Crippen molar-refractivity contribution in [2.24, 2.45) is 0 Å². The van der Waals surface area contributed by atoms with E-state index in [2.05, 4.69) is 51.1 Å². The van der Waals surface area contributed by atoms with Crippen LogP contribution in [0.3, 0.4) is 0 Å². The van der Waals surface area contributed by atoms with Gasteiger partial charge in [0.1, 0.15) is 6.61 Å². The Bertz CT molecular complexity index is 515. The lowest BCUT2D eigenvalue weighted by atomic mass is 10.1. The van der Waals surface area contributed by atoms with Crippen LogP contribution in [-0.4, -0.2) is 9.78 Å². The minimum Gasteiger partial charge on any atom is -0.472 e. The smallest absolute Gasteiger partial charge is 0.236 e. The van der Waals surface area contributed by atoms with Crippen molar-refractivity contribution in [1.82, 2.24) is 9.78 Å². The second-order valence-corrected chi connectivity index (χ2v) is 5.39. The third kappa shape index (κ3) is 3.37. The van der Waals surface area contributed by atoms with Gasteiger partial charge in [-0.3, -0.25) is 4.68 Å². The molecule has 0 bridgehead atoms. The Morgan fingerprint density at radius 2 is 1.79 bits per heavy atom. The van der Waals surface area contributed by atoms with Crippen molar-refractivity contribution < 1.29 is 4.74 Å². The molecule has 0 saturated heterocycles. The van der Waals surface area contributed by atoms with Crippen molar-refractivity contribution in [3.63, 3.8) is 0 Å². The predicted octanol–water partition coefficient (Wildman–Crippen LogP) is 4.17. The van der Waals surface area contributed by atoms with Crippen molar-refractivity contribution in [2.75, 3.05) is 0 Å². The zero-order valence-electron chi connectivity index (χ0n) is 12.1. The van der Waals surface area contributed by atoms with Gasteiger partial charge >= 0.3 is 0 Å². The molecule has 0 aliphatic rings. The van der Waals surface area contributed by atoms with Gasteiger partial charge in [-0.15, -0.1) is 5.10 Å². The first kappa shape index (κ1) is 13.7. The highest BCUT2D eigenvalue weighted by Crippen LogP contribution is 2.26. The van der Waals surface area contributed by atoms with E-state index in [9.17, 15) is 0 Å². The first-order valence-corrected chi connectivity index (χ1v) is 6.83. The summed E-state index contributed by atoms with van der Waals surface area (Å²) in [7, 11) is 0. The molecule has 0 aliphatic heterocycles. The summed E-state index contributed by atoms with van der Waals surface area (Å²) in [5.74, 6) is 1.17. The van der Waals surface area contributed by atoms with Gasteiger partial charge in [0, 0.05) is 17.8 Å². The maximum absolute atomic E-state index is 5.88. The molecule has 0 amide bonds. The lowest BCUT2D eigenvalue weighted by Crippen LogP contribution is -2.02. The molecule has 2 aromatic rings. The molecule has 0 fully saturated rings. The van der Waals surface area contributed by atoms with Gasteiger partial charge in [0.05, 0.1) is 0 Å². The largest absolute Gasteiger partial charge is 0.472 e. The molecule has 1 aromatic heterocycles. The van der Waals surface area contributed by atoms with E-state index in [0.29, 0.717) is 18.6 Å². The van der Waals surface area contributed by atoms with E-state index in [1.54, 1.807) is 0 Å². The van der Waals surface area contributed by atoms with E-state index >= 15 is 0 Å². The lowest BCUT2D eigenvalue weighted by molar-refractivity contribution is 0.284. The molecule has 19 heavy (non-hydrogen) atoms. The predicted molar refractivity (Wildman–Crippen MR) is 77.5 cm³/mol. The summed E-state index contributed by atoms with van der Waals surface area (Å²) in [6.45, 7) is 9.14. The fraction of sp³-hybridized carbons (Fsp3) is 0.438. The molecule has 0 atom stereocenters. The van der Waals surface area contributed by atoms with E-state index in [4.69, 9.17) is 4.74 Å². The number of ether oxygens (including phenoxy) is 1. The molecule has 1 aromatic carbocycles. The molecule has 0 N–H and O–H groups in total. The number of hydrogen-bond acceptors (Lipinski definition) is 2. The van der Waals surface area contributed by atoms with Crippen molar-refractivity contribution in [3.05, 3.63) is 47.7 Å². The second-order valence-electron chi connectivity index (χ2n) is 5.39. The molecule has 102 valence electrons. The quantitative estimate of drug-likeness (QED) is 0.805. The van der Waals surface area contributed by atoms with Crippen LogP contribution < -0.4 is 4.74 Å². The molecule has 3 nitrogen and oxygen atoms in total. The van der Waals surface area contributed by atoms with Gasteiger partial charge in [-0.1, -0.05) is 44.2 Å². The molecule has 0 spiro atoms. The number of rotatable bonds is 5. The van der Waals surface area contributed by atoms with Gasteiger partial charge in [-0.05, 0) is 25.3 Å². The van der Waals surface area contributed by atoms with Crippen LogP contribution in [0.2, 0.25) is 0 Å². The van der Waals surface area contributed by atoms with Gasteiger partial charge in [0.15, 0.2) is 0 Å². The molecule has 3 heteroatoms. The highest BCUT2D eigenvalue weighted by atomic mass is 16.5. The van der Waals surface area contributed by atoms with Crippen LogP contribution in [0.4, 0.5) is 0 Å². The zero-order valence-corrected chi connectivity index (χ0v) is 12.1. The second kappa shape index (κ2) is 5.91. The molecule has 2 rings (SSSR count). The third-order valence-electron chi connectivity index (χ3n) is 3.09. The van der Waals surface area contributed by atoms with E-state index in [-0.39, 0.29) is 0 Å². The summed E-state index contributed by atoms with van der Waals surface area (Å²) in [6, 6.07) is 10.5. The van der Waals surface area contributed by atoms with E-state index < -0.39 is 0 Å². The van der Waals surface area contributed by atoms with Gasteiger partial charge in [0.25, 0.3) is 0 Å². The van der Waals surface area contributed by atoms with E-state index in [0.717, 1.165) is 11.4 Å². The molecule has 0 saturated carbocycles. The summed E-state index contributed by atoms with van der Waals surface area (Å²) < 4.78 is 7.85. The topological polar surface area (TPSA) is 27.1 Å². The SMILES string of the molecule is CC(C)c1cn(C(C)C)nc1OCc1ccccc1. The van der Waals surface area contributed by atoms with Crippen LogP contribution in [0, 0.1) is 0 Å². The van der Waals surface area contributed by atoms with Crippen molar-refractivity contribution in [1.29, 1.82) is 0 Å². The Kier molecular flexibility index (Phi) is 4.25. The average molecular weight is 258 g/mol. The number of benzene rings is 1. The Morgan fingerprint density at radius 3 is 2.37 bits per heavy atom. The standard InChI is InChI=1S/C16H22N2O/c1-12(2)15-10-18(13(3)4)17-16(15)19-11-14-8-6-5-7-9-14/h5-10,12-13H,11H2,1-4H3. The summed E-state index contributed by atoms with van der Waals surface area (Å²) in [6.07, 6.45) is 2.09. The molecular formula is C16H22N2O. The van der Waals surface area contributed by atoms with Crippen LogP contribution in [0.1, 0.15) is 50.8 Å². The summed E-state index contributed by atoms with van der Waals surface area (Å²) >= 11 is 0. The first-order valence-electron chi connectivity index (χ1n) is 6.83. The van der Waals surface area contributed by atoms with Crippen molar-refractivity contribution in [2.45, 2.75) is 46.3 Å². The Labute approximate surface area is 115 Å². The number of aromatic nitrogens is 2. The molecule has 0 aliphatic carbocycles. The highest BCUT2D eigenvalue weighted by molar-refractivity contribution is 5.27. The van der Waals surface area contributed by atoms with Crippen LogP contribution in [0.25, 0.3) is 0 Å². The molecule has 0 radical (unpaired) electrons. The van der Waals surface area contributed by atoms with Crippen LogP contribution in [0.15, 0.2) is 36.5 Å². The fourth-order valence-corrected chi connectivity index (χ4v) is 1.89. The molecule has 1 heterocycles. The number of hydrogen-bond donors (Lipinski definition) is 0. The summed E-state index contributed by atoms with van der Waals surface area (Å²) in [4.78, 5) is 0. The molecule has 0 unspecified atom stereocenters. The van der Waals surface area contributed by atoms with E-state index in [1.165, 1.54) is 5.56 Å². The lowest BCUT2D eigenvalue weighted by Gasteiger charge is -2.07. The van der Waals surface area contributed by atoms with E-state index in [1.807, 2.05) is 22.9 Å². The molecular weight excluding hydrogens is 236 g/mol. The van der Waals surface area contributed by atoms with Crippen LogP contribution >= 0.6 is 0 Å². The van der Waals surface area contributed by atoms with Crippen LogP contribution in [0.5, 0.6) is 5.88 Å². The minimum atomic E-state index is 0.353. The van der Waals surface area contributed by atoms with Gasteiger partial charge in [-0.2, -0.15) is 0 Å². The minimum absolute atomic E-state index is 0.353. The van der Waals surface area contributed by atoms with Gasteiger partial charge in [0.2, 0.25) is 5.88 Å². The van der Waals surface area contributed by atoms with Crippen molar-refractivity contribution in [3.8, 4) is 5.88 Å². The summed E-state index contributed by atoms with van der Waals surface area (Å²) in [5, 5.41) is 4.54. The zero-order chi connectivity index (χ0) is 13.8. The summed E-state index contributed by atoms with van der Waals surface area (Å²) in [5.41, 5.74) is 2.33. The maximum Gasteiger partial charge on any atom is 0.236 e. The maximum atomic E-state index is 5.88.